The van der Waals surface area contributed by atoms with Crippen LogP contribution in [0.2, 0.25) is 0 Å². The molecule has 0 aliphatic carbocycles. The van der Waals surface area contributed by atoms with Crippen molar-refractivity contribution in [3.8, 4) is 0 Å². The van der Waals surface area contributed by atoms with Gasteiger partial charge in [0.1, 0.15) is 0 Å². The number of piperidine rings is 1. The number of hydrogen-bond acceptors (Lipinski definition) is 2. The van der Waals surface area contributed by atoms with Crippen LogP contribution in [0.4, 0.5) is 0 Å². The second-order valence-corrected chi connectivity index (χ2v) is 7.28. The molecule has 1 amide bonds. The lowest BCUT2D eigenvalue weighted by molar-refractivity contribution is -0.132. The topological polar surface area (TPSA) is 23.6 Å². The lowest BCUT2D eigenvalue weighted by Gasteiger charge is -2.31. The van der Waals surface area contributed by atoms with Crippen molar-refractivity contribution in [3.05, 3.63) is 34.3 Å². The number of nitrogens with zero attached hydrogens (tertiary/aromatic N) is 2. The third-order valence-corrected chi connectivity index (χ3v) is 5.46. The van der Waals surface area contributed by atoms with Gasteiger partial charge in [0.05, 0.1) is 0 Å². The van der Waals surface area contributed by atoms with Crippen molar-refractivity contribution in [1.82, 2.24) is 9.80 Å². The average molecular weight is 381 g/mol. The van der Waals surface area contributed by atoms with Crippen LogP contribution in [0.1, 0.15) is 57.6 Å². The third kappa shape index (κ3) is 5.32. The molecular weight excluding hydrogens is 352 g/mol. The SMILES string of the molecule is CCCN(CCC(=O)N1CCCCC1)C(C)c1ccccc1Br. The average Bonchev–Trinajstić information content (AvgIpc) is 2.59. The van der Waals surface area contributed by atoms with Crippen LogP contribution in [-0.4, -0.2) is 41.9 Å². The molecule has 1 saturated heterocycles. The molecule has 0 aromatic heterocycles. The minimum Gasteiger partial charge on any atom is -0.343 e. The first-order valence-corrected chi connectivity index (χ1v) is 9.69. The summed E-state index contributed by atoms with van der Waals surface area (Å²) in [4.78, 5) is 16.9. The standard InChI is InChI=1S/C19H29BrN2O/c1-3-12-21(16(2)17-9-5-6-10-18(17)20)15-11-19(23)22-13-7-4-8-14-22/h5-6,9-10,16H,3-4,7-8,11-15H2,1-2H3. The molecule has 1 aliphatic heterocycles. The van der Waals surface area contributed by atoms with Crippen molar-refractivity contribution < 1.29 is 4.79 Å². The van der Waals surface area contributed by atoms with Crippen molar-refractivity contribution in [1.29, 1.82) is 0 Å². The van der Waals surface area contributed by atoms with Crippen LogP contribution >= 0.6 is 15.9 Å². The molecule has 1 aromatic rings. The normalized spacial score (nSPS) is 16.6. The molecule has 1 aromatic carbocycles. The molecule has 1 unspecified atom stereocenters. The summed E-state index contributed by atoms with van der Waals surface area (Å²) in [5, 5.41) is 0. The Bertz CT molecular complexity index is 500. The van der Waals surface area contributed by atoms with E-state index in [-0.39, 0.29) is 0 Å². The van der Waals surface area contributed by atoms with Crippen LogP contribution in [0.25, 0.3) is 0 Å². The fourth-order valence-corrected chi connectivity index (χ4v) is 3.95. The van der Waals surface area contributed by atoms with E-state index >= 15 is 0 Å². The molecule has 23 heavy (non-hydrogen) atoms. The Labute approximate surface area is 149 Å². The highest BCUT2D eigenvalue weighted by molar-refractivity contribution is 9.10. The molecule has 0 spiro atoms. The van der Waals surface area contributed by atoms with Gasteiger partial charge < -0.3 is 4.90 Å². The maximum atomic E-state index is 12.4. The monoisotopic (exact) mass is 380 g/mol. The predicted molar refractivity (Wildman–Crippen MR) is 99.5 cm³/mol. The van der Waals surface area contributed by atoms with Crippen LogP contribution < -0.4 is 0 Å². The molecule has 1 atom stereocenters. The van der Waals surface area contributed by atoms with Crippen molar-refractivity contribution in [2.75, 3.05) is 26.2 Å². The van der Waals surface area contributed by atoms with Gasteiger partial charge in [0, 0.05) is 36.6 Å². The van der Waals surface area contributed by atoms with Crippen LogP contribution in [0.3, 0.4) is 0 Å². The summed E-state index contributed by atoms with van der Waals surface area (Å²) in [6, 6.07) is 8.71. The highest BCUT2D eigenvalue weighted by atomic mass is 79.9. The Morgan fingerprint density at radius 1 is 1.22 bits per heavy atom. The molecule has 128 valence electrons. The van der Waals surface area contributed by atoms with E-state index in [0.717, 1.165) is 49.9 Å². The third-order valence-electron chi connectivity index (χ3n) is 4.74. The van der Waals surface area contributed by atoms with E-state index in [1.54, 1.807) is 0 Å². The first-order valence-electron chi connectivity index (χ1n) is 8.89. The van der Waals surface area contributed by atoms with E-state index in [1.165, 1.54) is 12.0 Å². The summed E-state index contributed by atoms with van der Waals surface area (Å²) < 4.78 is 1.15. The minimum atomic E-state index is 0.319. The molecule has 2 rings (SSSR count). The smallest absolute Gasteiger partial charge is 0.223 e. The van der Waals surface area contributed by atoms with Gasteiger partial charge in [-0.1, -0.05) is 41.1 Å². The number of carbonyl (C=O) groups is 1. The zero-order valence-electron chi connectivity index (χ0n) is 14.4. The minimum absolute atomic E-state index is 0.319. The molecule has 1 fully saturated rings. The maximum absolute atomic E-state index is 12.4. The number of amides is 1. The van der Waals surface area contributed by atoms with Gasteiger partial charge in [-0.3, -0.25) is 9.69 Å². The summed E-state index contributed by atoms with van der Waals surface area (Å²) in [5.41, 5.74) is 1.30. The number of likely N-dealkylation sites (tertiary alicyclic amines) is 1. The Balaban J connectivity index is 1.95. The fourth-order valence-electron chi connectivity index (χ4n) is 3.34. The molecular formula is C19H29BrN2O. The number of rotatable bonds is 7. The molecule has 0 bridgehead atoms. The summed E-state index contributed by atoms with van der Waals surface area (Å²) in [7, 11) is 0. The summed E-state index contributed by atoms with van der Waals surface area (Å²) >= 11 is 3.66. The van der Waals surface area contributed by atoms with Crippen LogP contribution in [-0.2, 0) is 4.79 Å². The summed E-state index contributed by atoms with van der Waals surface area (Å²) in [6.07, 6.45) is 5.34. The van der Waals surface area contributed by atoms with E-state index in [1.807, 2.05) is 6.07 Å². The molecule has 3 nitrogen and oxygen atoms in total. The number of halogens is 1. The highest BCUT2D eigenvalue weighted by Crippen LogP contribution is 2.27. The van der Waals surface area contributed by atoms with E-state index in [0.29, 0.717) is 18.4 Å². The predicted octanol–water partition coefficient (Wildman–Crippen LogP) is 4.62. The Kier molecular flexibility index (Phi) is 7.57. The first kappa shape index (κ1) is 18.5. The molecule has 1 aliphatic rings. The highest BCUT2D eigenvalue weighted by Gasteiger charge is 2.21. The van der Waals surface area contributed by atoms with Crippen LogP contribution in [0.5, 0.6) is 0 Å². The zero-order chi connectivity index (χ0) is 16.7. The number of benzene rings is 1. The Hall–Kier alpha value is -0.870. The summed E-state index contributed by atoms with van der Waals surface area (Å²) in [5.74, 6) is 0.324. The van der Waals surface area contributed by atoms with Gasteiger partial charge in [-0.25, -0.2) is 0 Å². The summed E-state index contributed by atoms with van der Waals surface area (Å²) in [6.45, 7) is 8.20. The zero-order valence-corrected chi connectivity index (χ0v) is 16.0. The van der Waals surface area contributed by atoms with E-state index in [2.05, 4.69) is 57.8 Å². The number of carbonyl (C=O) groups excluding carboxylic acids is 1. The molecule has 0 N–H and O–H groups in total. The van der Waals surface area contributed by atoms with Gasteiger partial charge in [0.15, 0.2) is 0 Å². The lowest BCUT2D eigenvalue weighted by atomic mass is 10.1. The first-order chi connectivity index (χ1) is 11.1. The van der Waals surface area contributed by atoms with Gasteiger partial charge in [-0.15, -0.1) is 0 Å². The van der Waals surface area contributed by atoms with Gasteiger partial charge in [0.2, 0.25) is 5.91 Å². The van der Waals surface area contributed by atoms with Gasteiger partial charge in [-0.05, 0) is 50.8 Å². The lowest BCUT2D eigenvalue weighted by Crippen LogP contribution is -2.38. The largest absolute Gasteiger partial charge is 0.343 e. The van der Waals surface area contributed by atoms with Crippen molar-refractivity contribution in [3.63, 3.8) is 0 Å². The second kappa shape index (κ2) is 9.43. The second-order valence-electron chi connectivity index (χ2n) is 6.42. The maximum Gasteiger partial charge on any atom is 0.223 e. The van der Waals surface area contributed by atoms with Gasteiger partial charge in [0.25, 0.3) is 0 Å². The van der Waals surface area contributed by atoms with E-state index in [9.17, 15) is 4.79 Å². The Morgan fingerprint density at radius 3 is 2.57 bits per heavy atom. The van der Waals surface area contributed by atoms with Crippen LogP contribution in [0, 0.1) is 0 Å². The van der Waals surface area contributed by atoms with Crippen LogP contribution in [0.15, 0.2) is 28.7 Å². The van der Waals surface area contributed by atoms with Crippen molar-refractivity contribution >= 4 is 21.8 Å². The van der Waals surface area contributed by atoms with Crippen molar-refractivity contribution in [2.24, 2.45) is 0 Å². The fraction of sp³-hybridized carbons (Fsp3) is 0.632. The van der Waals surface area contributed by atoms with E-state index in [4.69, 9.17) is 0 Å². The molecule has 1 heterocycles. The molecule has 0 saturated carbocycles. The molecule has 4 heteroatoms. The quantitative estimate of drug-likeness (QED) is 0.688. The molecule has 0 radical (unpaired) electrons. The number of hydrogen-bond donors (Lipinski definition) is 0. The Morgan fingerprint density at radius 2 is 1.91 bits per heavy atom. The van der Waals surface area contributed by atoms with Gasteiger partial charge >= 0.3 is 0 Å². The van der Waals surface area contributed by atoms with E-state index < -0.39 is 0 Å². The van der Waals surface area contributed by atoms with Gasteiger partial charge in [-0.2, -0.15) is 0 Å². The van der Waals surface area contributed by atoms with Crippen molar-refractivity contribution in [2.45, 2.75) is 52.0 Å².